The van der Waals surface area contributed by atoms with Crippen molar-refractivity contribution in [3.05, 3.63) is 35.9 Å². The Morgan fingerprint density at radius 2 is 2.12 bits per heavy atom. The smallest absolute Gasteiger partial charge is 0.257 e. The molecule has 1 saturated heterocycles. The fraction of sp³-hybridized carbons (Fsp3) is 0.588. The van der Waals surface area contributed by atoms with E-state index in [1.807, 2.05) is 4.90 Å². The second-order valence-corrected chi connectivity index (χ2v) is 6.17. The van der Waals surface area contributed by atoms with Crippen molar-refractivity contribution in [3.63, 3.8) is 0 Å². The van der Waals surface area contributed by atoms with Crippen LogP contribution in [-0.2, 0) is 6.42 Å². The number of hydrogen-bond donors (Lipinski definition) is 0. The van der Waals surface area contributed by atoms with Crippen LogP contribution in [0.4, 0.5) is 0 Å². The molecule has 1 unspecified atom stereocenters. The first-order chi connectivity index (χ1) is 11.7. The molecular weight excluding hydrogens is 308 g/mol. The fourth-order valence-electron chi connectivity index (χ4n) is 2.91. The van der Waals surface area contributed by atoms with Crippen molar-refractivity contribution in [2.45, 2.75) is 39.2 Å². The molecule has 0 radical (unpaired) electrons. The predicted molar refractivity (Wildman–Crippen MR) is 87.5 cm³/mol. The van der Waals surface area contributed by atoms with Gasteiger partial charge in [0.15, 0.2) is 5.82 Å². The van der Waals surface area contributed by atoms with E-state index in [9.17, 15) is 4.79 Å². The topological polar surface area (TPSA) is 75.6 Å². The number of aryl methyl sites for hydroxylation is 1. The standard InChI is InChI=1S/C17H24N4O3/c1-3-4-5-15-18-16(24-19-15)13(2)20-7-9-21(10-8-20)17(22)14-6-11-23-12-14/h6,11-13H,3-5,7-10H2,1-2H3. The van der Waals surface area contributed by atoms with Gasteiger partial charge in [-0.3, -0.25) is 9.69 Å². The first kappa shape index (κ1) is 16.7. The molecule has 3 rings (SSSR count). The Bertz CT molecular complexity index is 645. The Morgan fingerprint density at radius 1 is 1.33 bits per heavy atom. The van der Waals surface area contributed by atoms with Crippen LogP contribution in [0, 0.1) is 0 Å². The lowest BCUT2D eigenvalue weighted by atomic mass is 10.2. The molecule has 1 amide bonds. The molecule has 0 aromatic carbocycles. The molecule has 0 saturated carbocycles. The summed E-state index contributed by atoms with van der Waals surface area (Å²) in [5.74, 6) is 1.47. The van der Waals surface area contributed by atoms with Crippen LogP contribution in [0.15, 0.2) is 27.5 Å². The highest BCUT2D eigenvalue weighted by molar-refractivity contribution is 5.93. The highest BCUT2D eigenvalue weighted by Crippen LogP contribution is 2.21. The lowest BCUT2D eigenvalue weighted by molar-refractivity contribution is 0.0551. The van der Waals surface area contributed by atoms with Crippen LogP contribution >= 0.6 is 0 Å². The van der Waals surface area contributed by atoms with Crippen LogP contribution in [0.2, 0.25) is 0 Å². The van der Waals surface area contributed by atoms with Crippen LogP contribution in [0.5, 0.6) is 0 Å². The lowest BCUT2D eigenvalue weighted by Gasteiger charge is -2.36. The van der Waals surface area contributed by atoms with E-state index < -0.39 is 0 Å². The van der Waals surface area contributed by atoms with Gasteiger partial charge in [-0.2, -0.15) is 4.98 Å². The van der Waals surface area contributed by atoms with Crippen molar-refractivity contribution < 1.29 is 13.7 Å². The number of carbonyl (C=O) groups excluding carboxylic acids is 1. The van der Waals surface area contributed by atoms with Crippen LogP contribution in [-0.4, -0.2) is 52.0 Å². The second-order valence-electron chi connectivity index (χ2n) is 6.17. The third-order valence-electron chi connectivity index (χ3n) is 4.51. The maximum Gasteiger partial charge on any atom is 0.257 e. The highest BCUT2D eigenvalue weighted by atomic mass is 16.5. The van der Waals surface area contributed by atoms with Gasteiger partial charge in [0, 0.05) is 32.6 Å². The van der Waals surface area contributed by atoms with Gasteiger partial charge in [0.25, 0.3) is 5.91 Å². The molecule has 2 aromatic rings. The van der Waals surface area contributed by atoms with E-state index in [-0.39, 0.29) is 11.9 Å². The summed E-state index contributed by atoms with van der Waals surface area (Å²) in [6.07, 6.45) is 6.07. The molecule has 0 N–H and O–H groups in total. The van der Waals surface area contributed by atoms with E-state index in [2.05, 4.69) is 28.9 Å². The van der Waals surface area contributed by atoms with E-state index >= 15 is 0 Å². The van der Waals surface area contributed by atoms with Gasteiger partial charge < -0.3 is 13.8 Å². The zero-order valence-electron chi connectivity index (χ0n) is 14.3. The summed E-state index contributed by atoms with van der Waals surface area (Å²) in [5.41, 5.74) is 0.606. The van der Waals surface area contributed by atoms with Crippen molar-refractivity contribution in [1.82, 2.24) is 19.9 Å². The Balaban J connectivity index is 1.54. The molecule has 1 aliphatic rings. The number of furan rings is 1. The molecule has 7 nitrogen and oxygen atoms in total. The maximum atomic E-state index is 12.3. The average Bonchev–Trinajstić information content (AvgIpc) is 3.30. The van der Waals surface area contributed by atoms with Gasteiger partial charge in [-0.25, -0.2) is 0 Å². The normalized spacial score (nSPS) is 17.2. The van der Waals surface area contributed by atoms with Gasteiger partial charge in [-0.15, -0.1) is 0 Å². The van der Waals surface area contributed by atoms with Crippen LogP contribution < -0.4 is 0 Å². The first-order valence-corrected chi connectivity index (χ1v) is 8.57. The Hall–Kier alpha value is -2.15. The lowest BCUT2D eigenvalue weighted by Crippen LogP contribution is -2.49. The third kappa shape index (κ3) is 3.67. The average molecular weight is 332 g/mol. The number of piperazine rings is 1. The van der Waals surface area contributed by atoms with Crippen molar-refractivity contribution in [2.24, 2.45) is 0 Å². The van der Waals surface area contributed by atoms with Crippen molar-refractivity contribution in [2.75, 3.05) is 26.2 Å². The summed E-state index contributed by atoms with van der Waals surface area (Å²) in [6.45, 7) is 7.17. The van der Waals surface area contributed by atoms with Gasteiger partial charge in [0.1, 0.15) is 6.26 Å². The molecule has 24 heavy (non-hydrogen) atoms. The van der Waals surface area contributed by atoms with E-state index in [4.69, 9.17) is 8.94 Å². The minimum Gasteiger partial charge on any atom is -0.472 e. The molecule has 0 aliphatic carbocycles. The van der Waals surface area contributed by atoms with Crippen molar-refractivity contribution in [1.29, 1.82) is 0 Å². The molecule has 130 valence electrons. The Labute approximate surface area is 141 Å². The Kier molecular flexibility index (Phi) is 5.30. The highest BCUT2D eigenvalue weighted by Gasteiger charge is 2.28. The van der Waals surface area contributed by atoms with Gasteiger partial charge in [-0.1, -0.05) is 18.5 Å². The second kappa shape index (κ2) is 7.61. The zero-order valence-corrected chi connectivity index (χ0v) is 14.3. The molecule has 7 heteroatoms. The van der Waals surface area contributed by atoms with Crippen LogP contribution in [0.1, 0.15) is 54.8 Å². The van der Waals surface area contributed by atoms with E-state index in [0.717, 1.165) is 38.2 Å². The molecule has 1 aliphatic heterocycles. The minimum atomic E-state index is 0.0238. The van der Waals surface area contributed by atoms with E-state index in [1.165, 1.54) is 12.5 Å². The van der Waals surface area contributed by atoms with Gasteiger partial charge in [0.2, 0.25) is 5.89 Å². The van der Waals surface area contributed by atoms with Crippen molar-refractivity contribution >= 4 is 5.91 Å². The van der Waals surface area contributed by atoms with E-state index in [1.54, 1.807) is 6.07 Å². The number of amides is 1. The summed E-state index contributed by atoms with van der Waals surface area (Å²) in [5, 5.41) is 4.06. The summed E-state index contributed by atoms with van der Waals surface area (Å²) in [4.78, 5) is 21.0. The quantitative estimate of drug-likeness (QED) is 0.809. The number of rotatable bonds is 6. The monoisotopic (exact) mass is 332 g/mol. The van der Waals surface area contributed by atoms with Crippen LogP contribution in [0.25, 0.3) is 0 Å². The van der Waals surface area contributed by atoms with Gasteiger partial charge in [0.05, 0.1) is 17.9 Å². The molecule has 2 aromatic heterocycles. The molecule has 0 bridgehead atoms. The number of hydrogen-bond acceptors (Lipinski definition) is 6. The molecule has 0 spiro atoms. The number of carbonyl (C=O) groups is 1. The molecular formula is C17H24N4O3. The maximum absolute atomic E-state index is 12.3. The van der Waals surface area contributed by atoms with Crippen molar-refractivity contribution in [3.8, 4) is 0 Å². The Morgan fingerprint density at radius 3 is 2.79 bits per heavy atom. The minimum absolute atomic E-state index is 0.0238. The van der Waals surface area contributed by atoms with Gasteiger partial charge >= 0.3 is 0 Å². The number of unbranched alkanes of at least 4 members (excludes halogenated alkanes) is 1. The molecule has 1 fully saturated rings. The first-order valence-electron chi connectivity index (χ1n) is 8.57. The number of nitrogens with zero attached hydrogens (tertiary/aromatic N) is 4. The predicted octanol–water partition coefficient (Wildman–Crippen LogP) is 2.52. The fourth-order valence-corrected chi connectivity index (χ4v) is 2.91. The summed E-state index contributed by atoms with van der Waals surface area (Å²) in [7, 11) is 0. The summed E-state index contributed by atoms with van der Waals surface area (Å²) < 4.78 is 10.4. The summed E-state index contributed by atoms with van der Waals surface area (Å²) >= 11 is 0. The summed E-state index contributed by atoms with van der Waals surface area (Å²) in [6, 6.07) is 1.77. The largest absolute Gasteiger partial charge is 0.472 e. The number of aromatic nitrogens is 2. The third-order valence-corrected chi connectivity index (χ3v) is 4.51. The van der Waals surface area contributed by atoms with E-state index in [0.29, 0.717) is 24.5 Å². The van der Waals surface area contributed by atoms with Gasteiger partial charge in [-0.05, 0) is 19.4 Å². The SMILES string of the molecule is CCCCc1noc(C(C)N2CCN(C(=O)c3ccoc3)CC2)n1. The molecule has 1 atom stereocenters. The molecule has 3 heterocycles. The zero-order chi connectivity index (χ0) is 16.9. The van der Waals surface area contributed by atoms with Crippen LogP contribution in [0.3, 0.4) is 0 Å².